The van der Waals surface area contributed by atoms with Crippen LogP contribution in [0.2, 0.25) is 0 Å². The summed E-state index contributed by atoms with van der Waals surface area (Å²) < 4.78 is 1.01. The van der Waals surface area contributed by atoms with E-state index < -0.39 is 12.0 Å². The van der Waals surface area contributed by atoms with Gasteiger partial charge in [-0.2, -0.15) is 0 Å². The Bertz CT molecular complexity index is 569. The third kappa shape index (κ3) is 3.68. The first-order valence-electron chi connectivity index (χ1n) is 6.37. The lowest BCUT2D eigenvalue weighted by Crippen LogP contribution is -2.30. The van der Waals surface area contributed by atoms with Gasteiger partial charge in [0.1, 0.15) is 6.04 Å². The molecule has 0 saturated heterocycles. The van der Waals surface area contributed by atoms with Gasteiger partial charge in [-0.15, -0.1) is 0 Å². The molecule has 2 aromatic carbocycles. The monoisotopic (exact) mass is 333 g/mol. The van der Waals surface area contributed by atoms with Crippen LogP contribution in [0, 0.1) is 0 Å². The van der Waals surface area contributed by atoms with Crippen molar-refractivity contribution in [3.05, 3.63) is 70.2 Å². The summed E-state index contributed by atoms with van der Waals surface area (Å²) in [5, 5.41) is 12.6. The summed E-state index contributed by atoms with van der Waals surface area (Å²) in [4.78, 5) is 11.5. The molecule has 3 nitrogen and oxygen atoms in total. The molecular weight excluding hydrogens is 318 g/mol. The first-order chi connectivity index (χ1) is 9.58. The van der Waals surface area contributed by atoms with Crippen LogP contribution in [0.25, 0.3) is 0 Å². The van der Waals surface area contributed by atoms with Crippen LogP contribution in [-0.2, 0) is 4.79 Å². The van der Waals surface area contributed by atoms with Crippen molar-refractivity contribution in [3.8, 4) is 0 Å². The van der Waals surface area contributed by atoms with Gasteiger partial charge in [0.05, 0.1) is 0 Å². The van der Waals surface area contributed by atoms with Crippen LogP contribution < -0.4 is 5.32 Å². The highest BCUT2D eigenvalue weighted by atomic mass is 79.9. The molecule has 2 unspecified atom stereocenters. The number of nitrogens with one attached hydrogen (secondary N) is 1. The van der Waals surface area contributed by atoms with Gasteiger partial charge < -0.3 is 5.11 Å². The van der Waals surface area contributed by atoms with E-state index in [2.05, 4.69) is 21.2 Å². The van der Waals surface area contributed by atoms with E-state index in [1.807, 2.05) is 61.5 Å². The Morgan fingerprint density at radius 2 is 1.65 bits per heavy atom. The van der Waals surface area contributed by atoms with E-state index in [-0.39, 0.29) is 6.04 Å². The molecule has 104 valence electrons. The normalized spacial score (nSPS) is 13.7. The number of rotatable bonds is 5. The Morgan fingerprint density at radius 3 is 2.20 bits per heavy atom. The fourth-order valence-electron chi connectivity index (χ4n) is 2.05. The van der Waals surface area contributed by atoms with Crippen LogP contribution in [0.5, 0.6) is 0 Å². The van der Waals surface area contributed by atoms with Crippen LogP contribution in [0.15, 0.2) is 59.1 Å². The number of aliphatic carboxylic acids is 1. The van der Waals surface area contributed by atoms with Crippen LogP contribution in [0.1, 0.15) is 30.1 Å². The smallest absolute Gasteiger partial charge is 0.325 e. The molecule has 2 rings (SSSR count). The van der Waals surface area contributed by atoms with E-state index in [9.17, 15) is 9.90 Å². The van der Waals surface area contributed by atoms with Gasteiger partial charge in [-0.3, -0.25) is 10.1 Å². The molecule has 0 aromatic heterocycles. The van der Waals surface area contributed by atoms with E-state index in [4.69, 9.17) is 0 Å². The van der Waals surface area contributed by atoms with Crippen LogP contribution in [0.4, 0.5) is 0 Å². The molecule has 0 radical (unpaired) electrons. The summed E-state index contributed by atoms with van der Waals surface area (Å²) in [5.41, 5.74) is 1.80. The Balaban J connectivity index is 2.16. The zero-order chi connectivity index (χ0) is 14.5. The van der Waals surface area contributed by atoms with E-state index in [0.717, 1.165) is 15.6 Å². The highest BCUT2D eigenvalue weighted by Gasteiger charge is 2.21. The average molecular weight is 334 g/mol. The Hall–Kier alpha value is -1.65. The van der Waals surface area contributed by atoms with Crippen molar-refractivity contribution in [3.63, 3.8) is 0 Å². The van der Waals surface area contributed by atoms with E-state index >= 15 is 0 Å². The van der Waals surface area contributed by atoms with Crippen molar-refractivity contribution in [1.82, 2.24) is 5.32 Å². The quantitative estimate of drug-likeness (QED) is 0.871. The number of carboxylic acid groups (broad SMARTS) is 1. The third-order valence-electron chi connectivity index (χ3n) is 3.17. The molecule has 0 aliphatic heterocycles. The fraction of sp³-hybridized carbons (Fsp3) is 0.188. The molecule has 0 amide bonds. The maximum absolute atomic E-state index is 11.5. The van der Waals surface area contributed by atoms with Crippen LogP contribution >= 0.6 is 15.9 Å². The minimum atomic E-state index is -0.875. The minimum Gasteiger partial charge on any atom is -0.480 e. The van der Waals surface area contributed by atoms with E-state index in [1.165, 1.54) is 0 Å². The molecule has 0 heterocycles. The Kier molecular flexibility index (Phi) is 4.93. The van der Waals surface area contributed by atoms with Gasteiger partial charge in [0, 0.05) is 10.5 Å². The van der Waals surface area contributed by atoms with Crippen molar-refractivity contribution < 1.29 is 9.90 Å². The molecule has 20 heavy (non-hydrogen) atoms. The zero-order valence-electron chi connectivity index (χ0n) is 11.1. The first-order valence-corrected chi connectivity index (χ1v) is 7.16. The van der Waals surface area contributed by atoms with Gasteiger partial charge in [-0.05, 0) is 30.2 Å². The molecule has 2 atom stereocenters. The minimum absolute atomic E-state index is 0.0515. The number of benzene rings is 2. The highest BCUT2D eigenvalue weighted by Crippen LogP contribution is 2.21. The molecule has 4 heteroatoms. The second-order valence-electron chi connectivity index (χ2n) is 4.62. The van der Waals surface area contributed by atoms with Crippen molar-refractivity contribution in [2.24, 2.45) is 0 Å². The predicted octanol–water partition coefficient (Wildman–Crippen LogP) is 3.93. The van der Waals surface area contributed by atoms with E-state index in [1.54, 1.807) is 0 Å². The van der Waals surface area contributed by atoms with Crippen molar-refractivity contribution >= 4 is 21.9 Å². The summed E-state index contributed by atoms with van der Waals surface area (Å²) in [6.07, 6.45) is 0. The standard InChI is InChI=1S/C16H16BrNO2/c1-11(12-7-9-14(17)10-8-12)18-15(16(19)20)13-5-3-2-4-6-13/h2-11,15,18H,1H3,(H,19,20). The van der Waals surface area contributed by atoms with Crippen molar-refractivity contribution in [2.75, 3.05) is 0 Å². The third-order valence-corrected chi connectivity index (χ3v) is 3.70. The zero-order valence-corrected chi connectivity index (χ0v) is 12.7. The number of hydrogen-bond acceptors (Lipinski definition) is 2. The molecule has 0 spiro atoms. The van der Waals surface area contributed by atoms with E-state index in [0.29, 0.717) is 0 Å². The Labute approximate surface area is 126 Å². The average Bonchev–Trinajstić information content (AvgIpc) is 2.46. The fourth-order valence-corrected chi connectivity index (χ4v) is 2.32. The summed E-state index contributed by atoms with van der Waals surface area (Å²) >= 11 is 3.39. The van der Waals surface area contributed by atoms with Gasteiger partial charge in [0.2, 0.25) is 0 Å². The Morgan fingerprint density at radius 1 is 1.05 bits per heavy atom. The summed E-state index contributed by atoms with van der Waals surface area (Å²) in [5.74, 6) is -0.875. The first kappa shape index (κ1) is 14.8. The lowest BCUT2D eigenvalue weighted by atomic mass is 10.0. The number of carboxylic acids is 1. The lowest BCUT2D eigenvalue weighted by molar-refractivity contribution is -0.139. The molecule has 0 fully saturated rings. The maximum atomic E-state index is 11.5. The van der Waals surface area contributed by atoms with Crippen molar-refractivity contribution in [2.45, 2.75) is 19.0 Å². The lowest BCUT2D eigenvalue weighted by Gasteiger charge is -2.21. The second kappa shape index (κ2) is 6.68. The topological polar surface area (TPSA) is 49.3 Å². The molecular formula is C16H16BrNO2. The number of carbonyl (C=O) groups is 1. The van der Waals surface area contributed by atoms with Gasteiger partial charge in [0.15, 0.2) is 0 Å². The van der Waals surface area contributed by atoms with Gasteiger partial charge >= 0.3 is 5.97 Å². The molecule has 2 aromatic rings. The van der Waals surface area contributed by atoms with Gasteiger partial charge in [-0.25, -0.2) is 0 Å². The van der Waals surface area contributed by atoms with Crippen LogP contribution in [0.3, 0.4) is 0 Å². The predicted molar refractivity (Wildman–Crippen MR) is 82.5 cm³/mol. The van der Waals surface area contributed by atoms with Gasteiger partial charge in [-0.1, -0.05) is 58.4 Å². The molecule has 2 N–H and O–H groups in total. The van der Waals surface area contributed by atoms with Crippen molar-refractivity contribution in [1.29, 1.82) is 0 Å². The SMILES string of the molecule is CC(NC(C(=O)O)c1ccccc1)c1ccc(Br)cc1. The summed E-state index contributed by atoms with van der Waals surface area (Å²) in [6.45, 7) is 1.96. The largest absolute Gasteiger partial charge is 0.480 e. The summed E-state index contributed by atoms with van der Waals surface area (Å²) in [7, 11) is 0. The maximum Gasteiger partial charge on any atom is 0.325 e. The highest BCUT2D eigenvalue weighted by molar-refractivity contribution is 9.10. The van der Waals surface area contributed by atoms with Crippen LogP contribution in [-0.4, -0.2) is 11.1 Å². The molecule has 0 saturated carbocycles. The van der Waals surface area contributed by atoms with Gasteiger partial charge in [0.25, 0.3) is 0 Å². The summed E-state index contributed by atoms with van der Waals surface area (Å²) in [6, 6.07) is 16.3. The number of halogens is 1. The second-order valence-corrected chi connectivity index (χ2v) is 5.54. The molecule has 0 aliphatic carbocycles. The number of hydrogen-bond donors (Lipinski definition) is 2. The molecule has 0 aliphatic rings. The molecule has 0 bridgehead atoms.